The molecule has 1 aromatic heterocycles. The van der Waals surface area contributed by atoms with Gasteiger partial charge >= 0.3 is 6.61 Å². The highest BCUT2D eigenvalue weighted by atomic mass is 19.3. The molecule has 1 aromatic carbocycles. The monoisotopic (exact) mass is 381 g/mol. The van der Waals surface area contributed by atoms with Gasteiger partial charge in [0.05, 0.1) is 24.5 Å². The van der Waals surface area contributed by atoms with E-state index < -0.39 is 12.5 Å². The third-order valence-electron chi connectivity index (χ3n) is 4.45. The highest BCUT2D eigenvalue weighted by Gasteiger charge is 2.24. The largest absolute Gasteiger partial charge is 0.497 e. The normalized spacial score (nSPS) is 15.0. The third kappa shape index (κ3) is 4.33. The predicted molar refractivity (Wildman–Crippen MR) is 93.5 cm³/mol. The molecule has 3 rings (SSSR count). The molecule has 1 amide bonds. The van der Waals surface area contributed by atoms with Crippen molar-refractivity contribution in [2.75, 3.05) is 25.5 Å². The molecule has 0 atom stereocenters. The number of hydrogen-bond acceptors (Lipinski definition) is 6. The Morgan fingerprint density at radius 2 is 2.11 bits per heavy atom. The van der Waals surface area contributed by atoms with Gasteiger partial charge in [-0.3, -0.25) is 4.79 Å². The SMILES string of the molecule is COc1ccc(OC(F)F)c(NC(=O)c2nnn(C3CCNCC3)c2C)c1. The molecule has 2 N–H and O–H groups in total. The van der Waals surface area contributed by atoms with Gasteiger partial charge in [-0.15, -0.1) is 5.10 Å². The van der Waals surface area contributed by atoms with Crippen molar-refractivity contribution in [1.29, 1.82) is 0 Å². The van der Waals surface area contributed by atoms with Gasteiger partial charge in [-0.1, -0.05) is 5.21 Å². The molecule has 1 saturated heterocycles. The van der Waals surface area contributed by atoms with Crippen LogP contribution < -0.4 is 20.1 Å². The minimum absolute atomic E-state index is 0.0652. The summed E-state index contributed by atoms with van der Waals surface area (Å²) in [6.45, 7) is 0.503. The lowest BCUT2D eigenvalue weighted by molar-refractivity contribution is -0.0494. The van der Waals surface area contributed by atoms with Crippen LogP contribution in [0, 0.1) is 6.92 Å². The molecule has 146 valence electrons. The minimum Gasteiger partial charge on any atom is -0.497 e. The fraction of sp³-hybridized carbons (Fsp3) is 0.471. The third-order valence-corrected chi connectivity index (χ3v) is 4.45. The van der Waals surface area contributed by atoms with Gasteiger partial charge in [0.1, 0.15) is 11.5 Å². The Labute approximate surface area is 154 Å². The van der Waals surface area contributed by atoms with Crippen LogP contribution in [-0.4, -0.2) is 47.7 Å². The Morgan fingerprint density at radius 3 is 2.78 bits per heavy atom. The summed E-state index contributed by atoms with van der Waals surface area (Å²) in [5.74, 6) is -0.329. The van der Waals surface area contributed by atoms with Crippen molar-refractivity contribution in [1.82, 2.24) is 20.3 Å². The zero-order chi connectivity index (χ0) is 19.4. The molecule has 8 nitrogen and oxygen atoms in total. The second-order valence-corrected chi connectivity index (χ2v) is 6.14. The number of nitrogens with zero attached hydrogens (tertiary/aromatic N) is 3. The summed E-state index contributed by atoms with van der Waals surface area (Å²) < 4.78 is 36.5. The number of hydrogen-bond donors (Lipinski definition) is 2. The number of aromatic nitrogens is 3. The lowest BCUT2D eigenvalue weighted by atomic mass is 10.1. The van der Waals surface area contributed by atoms with E-state index >= 15 is 0 Å². The molecular formula is C17H21F2N5O3. The fourth-order valence-electron chi connectivity index (χ4n) is 3.06. The van der Waals surface area contributed by atoms with Crippen molar-refractivity contribution < 1.29 is 23.0 Å². The average Bonchev–Trinajstić information content (AvgIpc) is 3.05. The summed E-state index contributed by atoms with van der Waals surface area (Å²) >= 11 is 0. The smallest absolute Gasteiger partial charge is 0.387 e. The molecule has 0 bridgehead atoms. The number of ether oxygens (including phenoxy) is 2. The maximum absolute atomic E-state index is 12.6. The van der Waals surface area contributed by atoms with Crippen molar-refractivity contribution >= 4 is 11.6 Å². The van der Waals surface area contributed by atoms with E-state index in [1.807, 2.05) is 0 Å². The highest BCUT2D eigenvalue weighted by Crippen LogP contribution is 2.31. The van der Waals surface area contributed by atoms with Gasteiger partial charge in [-0.25, -0.2) is 4.68 Å². The summed E-state index contributed by atoms with van der Waals surface area (Å²) in [5, 5.41) is 13.9. The Balaban J connectivity index is 1.82. The van der Waals surface area contributed by atoms with E-state index in [1.54, 1.807) is 11.6 Å². The Morgan fingerprint density at radius 1 is 1.37 bits per heavy atom. The number of halogens is 2. The maximum Gasteiger partial charge on any atom is 0.387 e. The van der Waals surface area contributed by atoms with Crippen molar-refractivity contribution in [2.24, 2.45) is 0 Å². The van der Waals surface area contributed by atoms with Gasteiger partial charge in [0.15, 0.2) is 5.69 Å². The number of piperidine rings is 1. The van der Waals surface area contributed by atoms with Crippen LogP contribution in [-0.2, 0) is 0 Å². The molecule has 2 aromatic rings. The number of methoxy groups -OCH3 is 1. The summed E-state index contributed by atoms with van der Waals surface area (Å²) in [6.07, 6.45) is 1.79. The number of amides is 1. The van der Waals surface area contributed by atoms with Crippen LogP contribution >= 0.6 is 0 Å². The molecule has 1 aliphatic rings. The first-order valence-electron chi connectivity index (χ1n) is 8.56. The second kappa shape index (κ2) is 8.30. The first kappa shape index (κ1) is 19.0. The molecule has 0 saturated carbocycles. The number of rotatable bonds is 6. The minimum atomic E-state index is -3.02. The van der Waals surface area contributed by atoms with Crippen LogP contribution in [0.25, 0.3) is 0 Å². The highest BCUT2D eigenvalue weighted by molar-refractivity contribution is 6.04. The number of alkyl halides is 2. The summed E-state index contributed by atoms with van der Waals surface area (Å²) in [7, 11) is 1.43. The number of benzene rings is 1. The van der Waals surface area contributed by atoms with Crippen LogP contribution in [0.4, 0.5) is 14.5 Å². The molecule has 1 fully saturated rings. The van der Waals surface area contributed by atoms with Crippen LogP contribution in [0.3, 0.4) is 0 Å². The van der Waals surface area contributed by atoms with Crippen molar-refractivity contribution in [3.8, 4) is 11.5 Å². The molecule has 0 spiro atoms. The van der Waals surface area contributed by atoms with E-state index in [-0.39, 0.29) is 23.2 Å². The van der Waals surface area contributed by atoms with Gasteiger partial charge < -0.3 is 20.1 Å². The number of anilines is 1. The van der Waals surface area contributed by atoms with Gasteiger partial charge in [-0.05, 0) is 45.0 Å². The quantitative estimate of drug-likeness (QED) is 0.799. The lowest BCUT2D eigenvalue weighted by Gasteiger charge is -2.23. The van der Waals surface area contributed by atoms with Gasteiger partial charge in [0.2, 0.25) is 0 Å². The van der Waals surface area contributed by atoms with Crippen LogP contribution in [0.15, 0.2) is 18.2 Å². The summed E-state index contributed by atoms with van der Waals surface area (Å²) in [6, 6.07) is 4.35. The van der Waals surface area contributed by atoms with Crippen LogP contribution in [0.5, 0.6) is 11.5 Å². The topological polar surface area (TPSA) is 90.3 Å². The molecular weight excluding hydrogens is 360 g/mol. The van der Waals surface area contributed by atoms with Gasteiger partial charge in [0.25, 0.3) is 5.91 Å². The maximum atomic E-state index is 12.6. The molecule has 0 aliphatic carbocycles. The van der Waals surface area contributed by atoms with E-state index in [0.29, 0.717) is 11.4 Å². The number of nitrogens with one attached hydrogen (secondary N) is 2. The Hall–Kier alpha value is -2.75. The fourth-order valence-corrected chi connectivity index (χ4v) is 3.06. The van der Waals surface area contributed by atoms with E-state index in [0.717, 1.165) is 25.9 Å². The van der Waals surface area contributed by atoms with Crippen LogP contribution in [0.1, 0.15) is 35.1 Å². The Bertz CT molecular complexity index is 806. The lowest BCUT2D eigenvalue weighted by Crippen LogP contribution is -2.30. The molecule has 0 unspecified atom stereocenters. The van der Waals surface area contributed by atoms with E-state index in [2.05, 4.69) is 25.7 Å². The molecule has 27 heavy (non-hydrogen) atoms. The van der Waals surface area contributed by atoms with Crippen molar-refractivity contribution in [3.05, 3.63) is 29.6 Å². The first-order chi connectivity index (χ1) is 13.0. The van der Waals surface area contributed by atoms with Gasteiger partial charge in [-0.2, -0.15) is 8.78 Å². The zero-order valence-electron chi connectivity index (χ0n) is 15.0. The predicted octanol–water partition coefficient (Wildman–Crippen LogP) is 2.37. The summed E-state index contributed by atoms with van der Waals surface area (Å²) in [4.78, 5) is 12.6. The molecule has 10 heteroatoms. The number of carbonyl (C=O) groups is 1. The first-order valence-corrected chi connectivity index (χ1v) is 8.56. The van der Waals surface area contributed by atoms with E-state index in [4.69, 9.17) is 4.74 Å². The van der Waals surface area contributed by atoms with E-state index in [9.17, 15) is 13.6 Å². The van der Waals surface area contributed by atoms with Crippen molar-refractivity contribution in [3.63, 3.8) is 0 Å². The zero-order valence-corrected chi connectivity index (χ0v) is 15.0. The number of carbonyl (C=O) groups excluding carboxylic acids is 1. The van der Waals surface area contributed by atoms with Crippen molar-refractivity contribution in [2.45, 2.75) is 32.4 Å². The molecule has 0 radical (unpaired) electrons. The molecule has 1 aliphatic heterocycles. The molecule has 2 heterocycles. The standard InChI is InChI=1S/C17H21F2N5O3/c1-10-15(22-23-24(10)11-5-7-20-8-6-11)16(25)21-13-9-12(26-2)3-4-14(13)27-17(18)19/h3-4,9,11,17,20H,5-8H2,1-2H3,(H,21,25). The summed E-state index contributed by atoms with van der Waals surface area (Å²) in [5.41, 5.74) is 0.827. The average molecular weight is 381 g/mol. The van der Waals surface area contributed by atoms with E-state index in [1.165, 1.54) is 25.3 Å². The van der Waals surface area contributed by atoms with Gasteiger partial charge in [0, 0.05) is 6.07 Å². The Kier molecular flexibility index (Phi) is 5.84. The second-order valence-electron chi connectivity index (χ2n) is 6.14. The van der Waals surface area contributed by atoms with Crippen LogP contribution in [0.2, 0.25) is 0 Å².